The predicted molar refractivity (Wildman–Crippen MR) is 73.1 cm³/mol. The number of nitrogens with two attached hydrogens (primary N) is 1. The molecule has 0 radical (unpaired) electrons. The molecule has 3 N–H and O–H groups in total. The Balaban J connectivity index is 2.03. The molecule has 0 saturated carbocycles. The van der Waals surface area contributed by atoms with Gasteiger partial charge in [-0.3, -0.25) is 4.79 Å². The summed E-state index contributed by atoms with van der Waals surface area (Å²) in [7, 11) is 0. The minimum absolute atomic E-state index is 0.0731. The highest BCUT2D eigenvalue weighted by atomic mass is 79.9. The van der Waals surface area contributed by atoms with E-state index in [0.717, 1.165) is 10.0 Å². The van der Waals surface area contributed by atoms with Gasteiger partial charge in [0.25, 0.3) is 0 Å². The number of amides is 1. The van der Waals surface area contributed by atoms with E-state index in [1.54, 1.807) is 0 Å². The van der Waals surface area contributed by atoms with Crippen LogP contribution in [0.2, 0.25) is 0 Å². The van der Waals surface area contributed by atoms with Crippen LogP contribution in [0.1, 0.15) is 24.9 Å². The zero-order valence-corrected chi connectivity index (χ0v) is 11.9. The number of halogens is 1. The first-order chi connectivity index (χ1) is 8.51. The number of carbonyl (C=O) groups is 1. The van der Waals surface area contributed by atoms with Crippen molar-refractivity contribution in [3.05, 3.63) is 34.3 Å². The molecule has 0 aromatic heterocycles. The van der Waals surface area contributed by atoms with E-state index in [1.807, 2.05) is 31.2 Å². The number of rotatable bonds is 3. The minimum Gasteiger partial charge on any atom is -0.379 e. The summed E-state index contributed by atoms with van der Waals surface area (Å²) in [5.74, 6) is -0.146. The Morgan fingerprint density at radius 2 is 2.39 bits per heavy atom. The molecule has 18 heavy (non-hydrogen) atoms. The van der Waals surface area contributed by atoms with Crippen molar-refractivity contribution in [2.45, 2.75) is 24.9 Å². The number of hydrogen-bond donors (Lipinski definition) is 2. The van der Waals surface area contributed by atoms with Gasteiger partial charge in [0.2, 0.25) is 5.91 Å². The summed E-state index contributed by atoms with van der Waals surface area (Å²) in [6, 6.07) is 7.78. The Morgan fingerprint density at radius 1 is 1.61 bits per heavy atom. The minimum atomic E-state index is -0.875. The SMILES string of the molecule is C[C@@H](NC(=O)C1(N)CCOC1)c1cccc(Br)c1. The van der Waals surface area contributed by atoms with Gasteiger partial charge in [0, 0.05) is 11.1 Å². The van der Waals surface area contributed by atoms with E-state index >= 15 is 0 Å². The third kappa shape index (κ3) is 2.91. The molecule has 0 aliphatic carbocycles. The lowest BCUT2D eigenvalue weighted by Gasteiger charge is -2.24. The van der Waals surface area contributed by atoms with Crippen molar-refractivity contribution in [3.63, 3.8) is 0 Å². The average Bonchev–Trinajstić information content (AvgIpc) is 2.77. The maximum Gasteiger partial charge on any atom is 0.243 e. The molecule has 1 unspecified atom stereocenters. The summed E-state index contributed by atoms with van der Waals surface area (Å²) < 4.78 is 6.19. The van der Waals surface area contributed by atoms with E-state index in [2.05, 4.69) is 21.2 Å². The first-order valence-electron chi connectivity index (χ1n) is 5.94. The molecule has 1 heterocycles. The van der Waals surface area contributed by atoms with Crippen molar-refractivity contribution in [1.82, 2.24) is 5.32 Å². The van der Waals surface area contributed by atoms with Gasteiger partial charge >= 0.3 is 0 Å². The highest BCUT2D eigenvalue weighted by Gasteiger charge is 2.38. The van der Waals surface area contributed by atoms with E-state index in [9.17, 15) is 4.79 Å². The number of ether oxygens (including phenoxy) is 1. The summed E-state index contributed by atoms with van der Waals surface area (Å²) in [4.78, 5) is 12.1. The number of benzene rings is 1. The standard InChI is InChI=1S/C13H17BrN2O2/c1-9(10-3-2-4-11(14)7-10)16-12(17)13(15)5-6-18-8-13/h2-4,7,9H,5-6,8,15H2,1H3,(H,16,17)/t9-,13?/m1/s1. The normalized spacial score (nSPS) is 24.8. The van der Waals surface area contributed by atoms with Crippen molar-refractivity contribution < 1.29 is 9.53 Å². The van der Waals surface area contributed by atoms with Crippen molar-refractivity contribution in [1.29, 1.82) is 0 Å². The van der Waals surface area contributed by atoms with Crippen LogP contribution in [0.25, 0.3) is 0 Å². The molecule has 98 valence electrons. The highest BCUT2D eigenvalue weighted by Crippen LogP contribution is 2.20. The summed E-state index contributed by atoms with van der Waals surface area (Å²) in [6.45, 7) is 2.79. The maximum absolute atomic E-state index is 12.1. The Hall–Kier alpha value is -0.910. The second kappa shape index (κ2) is 5.38. The van der Waals surface area contributed by atoms with Crippen molar-refractivity contribution in [2.24, 2.45) is 5.73 Å². The predicted octanol–water partition coefficient (Wildman–Crippen LogP) is 1.74. The third-order valence-electron chi connectivity index (χ3n) is 3.20. The fraction of sp³-hybridized carbons (Fsp3) is 0.462. The van der Waals surface area contributed by atoms with E-state index in [-0.39, 0.29) is 11.9 Å². The lowest BCUT2D eigenvalue weighted by molar-refractivity contribution is -0.127. The number of hydrogen-bond acceptors (Lipinski definition) is 3. The smallest absolute Gasteiger partial charge is 0.243 e. The van der Waals surface area contributed by atoms with Crippen LogP contribution in [0.3, 0.4) is 0 Å². The summed E-state index contributed by atoms with van der Waals surface area (Å²) in [6.07, 6.45) is 0.573. The molecule has 2 atom stereocenters. The highest BCUT2D eigenvalue weighted by molar-refractivity contribution is 9.10. The molecule has 1 aliphatic rings. The summed E-state index contributed by atoms with van der Waals surface area (Å²) in [5, 5.41) is 2.94. The molecule has 5 heteroatoms. The molecule has 1 aromatic carbocycles. The van der Waals surface area contributed by atoms with Gasteiger partial charge in [-0.05, 0) is 31.0 Å². The second-order valence-corrected chi connectivity index (χ2v) is 5.62. The fourth-order valence-electron chi connectivity index (χ4n) is 1.96. The van der Waals surface area contributed by atoms with Gasteiger partial charge in [-0.25, -0.2) is 0 Å². The molecular formula is C13H17BrN2O2. The summed E-state index contributed by atoms with van der Waals surface area (Å²) >= 11 is 3.42. The van der Waals surface area contributed by atoms with E-state index in [0.29, 0.717) is 19.6 Å². The van der Waals surface area contributed by atoms with Gasteiger partial charge in [0.15, 0.2) is 0 Å². The second-order valence-electron chi connectivity index (χ2n) is 4.71. The lowest BCUT2D eigenvalue weighted by Crippen LogP contribution is -2.54. The Morgan fingerprint density at radius 3 is 3.00 bits per heavy atom. The molecule has 2 rings (SSSR count). The topological polar surface area (TPSA) is 64.4 Å². The van der Waals surface area contributed by atoms with Crippen LogP contribution in [0.15, 0.2) is 28.7 Å². The molecule has 1 fully saturated rings. The molecule has 0 spiro atoms. The molecular weight excluding hydrogens is 296 g/mol. The van der Waals surface area contributed by atoms with Gasteiger partial charge in [-0.2, -0.15) is 0 Å². The van der Waals surface area contributed by atoms with Gasteiger partial charge in [0.1, 0.15) is 5.54 Å². The molecule has 1 amide bonds. The monoisotopic (exact) mass is 312 g/mol. The lowest BCUT2D eigenvalue weighted by atomic mass is 9.98. The van der Waals surface area contributed by atoms with Gasteiger partial charge in [-0.15, -0.1) is 0 Å². The van der Waals surface area contributed by atoms with Gasteiger partial charge in [0.05, 0.1) is 12.6 Å². The van der Waals surface area contributed by atoms with Crippen LogP contribution in [-0.4, -0.2) is 24.7 Å². The number of nitrogens with one attached hydrogen (secondary N) is 1. The quantitative estimate of drug-likeness (QED) is 0.893. The van der Waals surface area contributed by atoms with Crippen LogP contribution in [0.4, 0.5) is 0 Å². The first-order valence-corrected chi connectivity index (χ1v) is 6.74. The Labute approximate surface area is 115 Å². The van der Waals surface area contributed by atoms with Crippen molar-refractivity contribution >= 4 is 21.8 Å². The van der Waals surface area contributed by atoms with Crippen molar-refractivity contribution in [2.75, 3.05) is 13.2 Å². The van der Waals surface area contributed by atoms with Crippen LogP contribution in [-0.2, 0) is 9.53 Å². The third-order valence-corrected chi connectivity index (χ3v) is 3.69. The maximum atomic E-state index is 12.1. The van der Waals surface area contributed by atoms with Gasteiger partial charge < -0.3 is 15.8 Å². The molecule has 1 saturated heterocycles. The van der Waals surface area contributed by atoms with Crippen molar-refractivity contribution in [3.8, 4) is 0 Å². The van der Waals surface area contributed by atoms with Crippen LogP contribution < -0.4 is 11.1 Å². The zero-order chi connectivity index (χ0) is 13.2. The Kier molecular flexibility index (Phi) is 4.04. The van der Waals surface area contributed by atoms with Crippen LogP contribution >= 0.6 is 15.9 Å². The molecule has 1 aromatic rings. The molecule has 4 nitrogen and oxygen atoms in total. The molecule has 0 bridgehead atoms. The van der Waals surface area contributed by atoms with E-state index < -0.39 is 5.54 Å². The zero-order valence-electron chi connectivity index (χ0n) is 10.3. The summed E-state index contributed by atoms with van der Waals surface area (Å²) in [5.41, 5.74) is 6.18. The molecule has 1 aliphatic heterocycles. The van der Waals surface area contributed by atoms with E-state index in [1.165, 1.54) is 0 Å². The van der Waals surface area contributed by atoms with Crippen LogP contribution in [0.5, 0.6) is 0 Å². The Bertz CT molecular complexity index is 444. The number of carbonyl (C=O) groups excluding carboxylic acids is 1. The first kappa shape index (κ1) is 13.5. The largest absolute Gasteiger partial charge is 0.379 e. The fourth-order valence-corrected chi connectivity index (χ4v) is 2.38. The van der Waals surface area contributed by atoms with Gasteiger partial charge in [-0.1, -0.05) is 28.1 Å². The van der Waals surface area contributed by atoms with E-state index in [4.69, 9.17) is 10.5 Å². The average molecular weight is 313 g/mol. The van der Waals surface area contributed by atoms with Crippen LogP contribution in [0, 0.1) is 0 Å².